The molecule has 0 radical (unpaired) electrons. The Morgan fingerprint density at radius 2 is 1.50 bits per heavy atom. The summed E-state index contributed by atoms with van der Waals surface area (Å²) < 4.78 is 17.6. The first-order chi connectivity index (χ1) is 16.5. The monoisotopic (exact) mass is 460 g/mol. The quantitative estimate of drug-likeness (QED) is 0.530. The van der Waals surface area contributed by atoms with Gasteiger partial charge in [0.15, 0.2) is 6.04 Å². The molecule has 0 spiro atoms. The molecular formula is C26H26N3O5+. The summed E-state index contributed by atoms with van der Waals surface area (Å²) in [6.45, 7) is 0. The van der Waals surface area contributed by atoms with Crippen LogP contribution in [0, 0.1) is 0 Å². The SMILES string of the molecule is COc1ccc(C(=O)N[C@@H]2C(=O)N/[N+](=C\c3ccccc3OC)[C@@H]2c2ccc(OC)cc2)cc1. The maximum absolute atomic E-state index is 13.0. The lowest BCUT2D eigenvalue weighted by molar-refractivity contribution is -0.596. The second kappa shape index (κ2) is 10.1. The third-order valence-corrected chi connectivity index (χ3v) is 5.65. The molecule has 0 aromatic heterocycles. The van der Waals surface area contributed by atoms with Crippen molar-refractivity contribution in [2.75, 3.05) is 21.3 Å². The molecule has 1 aliphatic rings. The minimum Gasteiger partial charge on any atom is -0.497 e. The Labute approximate surface area is 197 Å². The number of rotatable bonds is 7. The van der Waals surface area contributed by atoms with Crippen molar-refractivity contribution in [1.82, 2.24) is 10.7 Å². The van der Waals surface area contributed by atoms with Crippen molar-refractivity contribution in [1.29, 1.82) is 0 Å². The van der Waals surface area contributed by atoms with Gasteiger partial charge in [-0.25, -0.2) is 0 Å². The van der Waals surface area contributed by atoms with Gasteiger partial charge in [0.25, 0.3) is 5.91 Å². The predicted octanol–water partition coefficient (Wildman–Crippen LogP) is 2.73. The smallest absolute Gasteiger partial charge is 0.304 e. The third-order valence-electron chi connectivity index (χ3n) is 5.65. The molecule has 3 aromatic rings. The van der Waals surface area contributed by atoms with Gasteiger partial charge in [0.05, 0.1) is 26.9 Å². The Bertz CT molecular complexity index is 1210. The van der Waals surface area contributed by atoms with E-state index in [-0.39, 0.29) is 11.8 Å². The normalized spacial score (nSPS) is 18.3. The number of hydrazine groups is 1. The van der Waals surface area contributed by atoms with Crippen LogP contribution in [0.4, 0.5) is 0 Å². The van der Waals surface area contributed by atoms with Crippen LogP contribution in [0.15, 0.2) is 72.8 Å². The van der Waals surface area contributed by atoms with Crippen LogP contribution in [0.3, 0.4) is 0 Å². The minimum absolute atomic E-state index is 0.325. The van der Waals surface area contributed by atoms with Gasteiger partial charge in [-0.3, -0.25) is 9.59 Å². The fourth-order valence-electron chi connectivity index (χ4n) is 3.87. The van der Waals surface area contributed by atoms with Crippen LogP contribution in [0.25, 0.3) is 0 Å². The van der Waals surface area contributed by atoms with E-state index in [1.807, 2.05) is 48.5 Å². The summed E-state index contributed by atoms with van der Waals surface area (Å²) in [6.07, 6.45) is 1.80. The van der Waals surface area contributed by atoms with Gasteiger partial charge in [-0.05, 0) is 60.7 Å². The minimum atomic E-state index is -0.839. The van der Waals surface area contributed by atoms with E-state index in [9.17, 15) is 9.59 Å². The van der Waals surface area contributed by atoms with Crippen LogP contribution >= 0.6 is 0 Å². The molecule has 0 aliphatic carbocycles. The van der Waals surface area contributed by atoms with Crippen molar-refractivity contribution in [3.63, 3.8) is 0 Å². The molecule has 2 atom stereocenters. The topological polar surface area (TPSA) is 88.9 Å². The second-order valence-electron chi connectivity index (χ2n) is 7.65. The highest BCUT2D eigenvalue weighted by atomic mass is 16.5. The van der Waals surface area contributed by atoms with Gasteiger partial charge >= 0.3 is 5.91 Å². The van der Waals surface area contributed by atoms with Crippen LogP contribution in [-0.4, -0.2) is 50.1 Å². The standard InChI is InChI=1S/C26H25N3O5/c1-32-20-12-8-17(9-13-20)24-23(27-25(30)18-10-14-21(33-2)15-11-18)26(31)28-29(24)16-19-6-4-5-7-22(19)34-3/h4-16,23-24H,1-3H3,(H-,27,28,30,31)/p+1/b29-16-/t23-,24+/m0/s1. The number of hydrazone groups is 1. The predicted molar refractivity (Wildman–Crippen MR) is 127 cm³/mol. The lowest BCUT2D eigenvalue weighted by Crippen LogP contribution is -2.42. The lowest BCUT2D eigenvalue weighted by Gasteiger charge is -2.15. The summed E-state index contributed by atoms with van der Waals surface area (Å²) in [5, 5.41) is 2.89. The van der Waals surface area contributed by atoms with Crippen LogP contribution < -0.4 is 25.0 Å². The van der Waals surface area contributed by atoms with Crippen molar-refractivity contribution >= 4 is 18.0 Å². The highest BCUT2D eigenvalue weighted by Crippen LogP contribution is 2.28. The van der Waals surface area contributed by atoms with Crippen LogP contribution in [0.5, 0.6) is 17.2 Å². The van der Waals surface area contributed by atoms with E-state index in [0.29, 0.717) is 22.8 Å². The molecule has 0 bridgehead atoms. The average Bonchev–Trinajstić information content (AvgIpc) is 3.18. The van der Waals surface area contributed by atoms with E-state index >= 15 is 0 Å². The third kappa shape index (κ3) is 4.71. The maximum atomic E-state index is 13.0. The Kier molecular flexibility index (Phi) is 6.77. The van der Waals surface area contributed by atoms with Gasteiger partial charge < -0.3 is 19.5 Å². The number of para-hydroxylation sites is 1. The van der Waals surface area contributed by atoms with Crippen molar-refractivity contribution < 1.29 is 28.5 Å². The zero-order chi connectivity index (χ0) is 24.1. The number of nitrogens with zero attached hydrogens (tertiary/aromatic N) is 1. The number of nitrogens with one attached hydrogen (secondary N) is 2. The van der Waals surface area contributed by atoms with Gasteiger partial charge in [0, 0.05) is 11.1 Å². The first-order valence-corrected chi connectivity index (χ1v) is 10.7. The molecule has 2 amide bonds. The number of hydrogen-bond acceptors (Lipinski definition) is 5. The van der Waals surface area contributed by atoms with Gasteiger partial charge in [-0.2, -0.15) is 0 Å². The fraction of sp³-hybridized carbons (Fsp3) is 0.192. The summed E-state index contributed by atoms with van der Waals surface area (Å²) in [6, 6.07) is 20.2. The van der Waals surface area contributed by atoms with Gasteiger partial charge in [-0.15, -0.1) is 10.1 Å². The number of carbonyl (C=O) groups is 2. The van der Waals surface area contributed by atoms with Gasteiger partial charge in [0.1, 0.15) is 17.2 Å². The molecule has 1 saturated heterocycles. The summed E-state index contributed by atoms with van der Waals surface area (Å²) in [5.74, 6) is 1.31. The van der Waals surface area contributed by atoms with E-state index in [2.05, 4.69) is 10.7 Å². The summed E-state index contributed by atoms with van der Waals surface area (Å²) in [4.78, 5) is 26.0. The second-order valence-corrected chi connectivity index (χ2v) is 7.65. The van der Waals surface area contributed by atoms with Crippen molar-refractivity contribution in [2.45, 2.75) is 12.1 Å². The van der Waals surface area contributed by atoms with Crippen LogP contribution in [0.1, 0.15) is 27.5 Å². The summed E-state index contributed by atoms with van der Waals surface area (Å²) in [5.41, 5.74) is 4.91. The van der Waals surface area contributed by atoms with Crippen LogP contribution in [0.2, 0.25) is 0 Å². The molecule has 1 fully saturated rings. The summed E-state index contributed by atoms with van der Waals surface area (Å²) >= 11 is 0. The fourth-order valence-corrected chi connectivity index (χ4v) is 3.87. The van der Waals surface area contributed by atoms with Gasteiger partial charge in [0.2, 0.25) is 12.3 Å². The Balaban J connectivity index is 1.70. The lowest BCUT2D eigenvalue weighted by atomic mass is 9.99. The molecule has 174 valence electrons. The Hall–Kier alpha value is -4.33. The first kappa shape index (κ1) is 22.8. The molecule has 4 rings (SSSR count). The van der Waals surface area contributed by atoms with E-state index in [1.165, 1.54) is 0 Å². The highest BCUT2D eigenvalue weighted by molar-refractivity contribution is 5.98. The van der Waals surface area contributed by atoms with Crippen LogP contribution in [-0.2, 0) is 4.79 Å². The molecule has 0 unspecified atom stereocenters. The molecule has 1 heterocycles. The molecular weight excluding hydrogens is 434 g/mol. The van der Waals surface area contributed by atoms with Crippen molar-refractivity contribution in [3.8, 4) is 17.2 Å². The Morgan fingerprint density at radius 3 is 2.12 bits per heavy atom. The number of hydrogen-bond donors (Lipinski definition) is 2. The molecule has 8 nitrogen and oxygen atoms in total. The molecule has 0 saturated carbocycles. The molecule has 2 N–H and O–H groups in total. The van der Waals surface area contributed by atoms with E-state index in [1.54, 1.807) is 56.5 Å². The molecule has 1 aliphatic heterocycles. The number of methoxy groups -OCH3 is 3. The Morgan fingerprint density at radius 1 is 0.882 bits per heavy atom. The largest absolute Gasteiger partial charge is 0.497 e. The number of amides is 2. The number of ether oxygens (including phenoxy) is 3. The zero-order valence-corrected chi connectivity index (χ0v) is 19.1. The number of benzene rings is 3. The maximum Gasteiger partial charge on any atom is 0.304 e. The first-order valence-electron chi connectivity index (χ1n) is 10.7. The van der Waals surface area contributed by atoms with E-state index in [0.717, 1.165) is 11.1 Å². The average molecular weight is 461 g/mol. The van der Waals surface area contributed by atoms with Crippen molar-refractivity contribution in [2.24, 2.45) is 0 Å². The molecule has 34 heavy (non-hydrogen) atoms. The zero-order valence-electron chi connectivity index (χ0n) is 19.1. The van der Waals surface area contributed by atoms with Gasteiger partial charge in [-0.1, -0.05) is 12.1 Å². The number of carbonyl (C=O) groups excluding carboxylic acids is 2. The highest BCUT2D eigenvalue weighted by Gasteiger charge is 2.48. The summed E-state index contributed by atoms with van der Waals surface area (Å²) in [7, 11) is 4.74. The van der Waals surface area contributed by atoms with E-state index < -0.39 is 12.1 Å². The van der Waals surface area contributed by atoms with Crippen molar-refractivity contribution in [3.05, 3.63) is 89.5 Å². The molecule has 8 heteroatoms. The van der Waals surface area contributed by atoms with E-state index in [4.69, 9.17) is 14.2 Å². The molecule has 3 aromatic carbocycles.